The number of methoxy groups -OCH3 is 2. The molecule has 31 heavy (non-hydrogen) atoms. The van der Waals surface area contributed by atoms with Crippen molar-refractivity contribution < 1.29 is 14.3 Å². The molecule has 0 saturated heterocycles. The third kappa shape index (κ3) is 6.13. The highest BCUT2D eigenvalue weighted by Gasteiger charge is 2.13. The third-order valence-electron chi connectivity index (χ3n) is 4.31. The van der Waals surface area contributed by atoms with E-state index in [1.807, 2.05) is 31.2 Å². The van der Waals surface area contributed by atoms with E-state index < -0.39 is 5.97 Å². The number of carbonyl (C=O) groups is 1. The van der Waals surface area contributed by atoms with Gasteiger partial charge in [-0.25, -0.2) is 4.79 Å². The highest BCUT2D eigenvalue weighted by atomic mass is 35.5. The smallest absolute Gasteiger partial charge is 0.337 e. The van der Waals surface area contributed by atoms with Crippen LogP contribution >= 0.6 is 35.6 Å². The van der Waals surface area contributed by atoms with Crippen molar-refractivity contribution in [1.29, 1.82) is 0 Å². The van der Waals surface area contributed by atoms with Crippen LogP contribution in [0.3, 0.4) is 0 Å². The van der Waals surface area contributed by atoms with E-state index in [1.165, 1.54) is 12.7 Å². The summed E-state index contributed by atoms with van der Waals surface area (Å²) in [5.74, 6) is 0.157. The molecular formula is C23H21ClN2O3S2. The van der Waals surface area contributed by atoms with Crippen LogP contribution in [0.1, 0.15) is 15.9 Å². The first kappa shape index (κ1) is 22.9. The first-order chi connectivity index (χ1) is 14.9. The Balaban J connectivity index is 1.84. The highest BCUT2D eigenvalue weighted by Crippen LogP contribution is 2.35. The van der Waals surface area contributed by atoms with E-state index >= 15 is 0 Å². The molecule has 0 aliphatic heterocycles. The number of anilines is 2. The summed E-state index contributed by atoms with van der Waals surface area (Å²) in [6.07, 6.45) is 0. The van der Waals surface area contributed by atoms with Gasteiger partial charge in [0.15, 0.2) is 5.11 Å². The van der Waals surface area contributed by atoms with E-state index in [9.17, 15) is 4.79 Å². The number of halogens is 1. The summed E-state index contributed by atoms with van der Waals surface area (Å²) in [6, 6.07) is 18.8. The molecule has 5 nitrogen and oxygen atoms in total. The van der Waals surface area contributed by atoms with Gasteiger partial charge in [-0.15, -0.1) is 0 Å². The number of hydrogen-bond donors (Lipinski definition) is 2. The van der Waals surface area contributed by atoms with Crippen molar-refractivity contribution in [2.75, 3.05) is 24.9 Å². The van der Waals surface area contributed by atoms with Gasteiger partial charge in [-0.1, -0.05) is 41.1 Å². The van der Waals surface area contributed by atoms with E-state index in [4.69, 9.17) is 33.3 Å². The molecule has 0 aliphatic rings. The van der Waals surface area contributed by atoms with Gasteiger partial charge in [0.2, 0.25) is 0 Å². The van der Waals surface area contributed by atoms with Crippen LogP contribution in [0.4, 0.5) is 11.4 Å². The zero-order valence-corrected chi connectivity index (χ0v) is 19.6. The molecule has 0 fully saturated rings. The maximum atomic E-state index is 12.0. The average Bonchev–Trinajstić information content (AvgIpc) is 2.76. The van der Waals surface area contributed by atoms with Gasteiger partial charge >= 0.3 is 5.97 Å². The predicted molar refractivity (Wildman–Crippen MR) is 131 cm³/mol. The van der Waals surface area contributed by atoms with Gasteiger partial charge in [0.25, 0.3) is 0 Å². The number of thiocarbonyl (C=S) groups is 1. The van der Waals surface area contributed by atoms with Crippen molar-refractivity contribution in [3.63, 3.8) is 0 Å². The zero-order valence-electron chi connectivity index (χ0n) is 17.2. The van der Waals surface area contributed by atoms with Gasteiger partial charge in [0.1, 0.15) is 5.75 Å². The molecule has 0 saturated carbocycles. The monoisotopic (exact) mass is 472 g/mol. The number of ether oxygens (including phenoxy) is 2. The Labute approximate surface area is 196 Å². The van der Waals surface area contributed by atoms with Gasteiger partial charge in [0.05, 0.1) is 30.5 Å². The van der Waals surface area contributed by atoms with Crippen molar-refractivity contribution in [3.8, 4) is 5.75 Å². The van der Waals surface area contributed by atoms with Crippen LogP contribution in [0.5, 0.6) is 5.75 Å². The summed E-state index contributed by atoms with van der Waals surface area (Å²) < 4.78 is 10.0. The minimum absolute atomic E-state index is 0.356. The molecular weight excluding hydrogens is 452 g/mol. The number of nitrogens with one attached hydrogen (secondary N) is 2. The van der Waals surface area contributed by atoms with Crippen LogP contribution in [-0.2, 0) is 4.74 Å². The molecule has 0 heterocycles. The Morgan fingerprint density at radius 1 is 1.00 bits per heavy atom. The predicted octanol–water partition coefficient (Wildman–Crippen LogP) is 6.40. The minimum Gasteiger partial charge on any atom is -0.495 e. The first-order valence-corrected chi connectivity index (χ1v) is 10.9. The molecule has 3 rings (SSSR count). The van der Waals surface area contributed by atoms with E-state index in [2.05, 4.69) is 22.8 Å². The van der Waals surface area contributed by atoms with Crippen LogP contribution < -0.4 is 15.4 Å². The summed E-state index contributed by atoms with van der Waals surface area (Å²) in [7, 11) is 2.91. The average molecular weight is 473 g/mol. The molecule has 0 radical (unpaired) electrons. The molecule has 8 heteroatoms. The number of carbonyl (C=O) groups excluding carboxylic acids is 1. The highest BCUT2D eigenvalue weighted by molar-refractivity contribution is 7.99. The number of benzene rings is 3. The second-order valence-corrected chi connectivity index (χ2v) is 8.48. The Bertz CT molecular complexity index is 1100. The van der Waals surface area contributed by atoms with E-state index in [-0.39, 0.29) is 0 Å². The number of rotatable bonds is 6. The lowest BCUT2D eigenvalue weighted by Gasteiger charge is -2.16. The molecule has 0 aromatic heterocycles. The Kier molecular flexibility index (Phi) is 7.79. The summed E-state index contributed by atoms with van der Waals surface area (Å²) in [5, 5.41) is 7.10. The maximum Gasteiger partial charge on any atom is 0.337 e. The van der Waals surface area contributed by atoms with Gasteiger partial charge in [-0.05, 0) is 67.7 Å². The van der Waals surface area contributed by atoms with Crippen molar-refractivity contribution in [2.24, 2.45) is 0 Å². The molecule has 3 aromatic rings. The molecule has 0 unspecified atom stereocenters. The number of esters is 1. The summed E-state index contributed by atoms with van der Waals surface area (Å²) in [6.45, 7) is 2.04. The first-order valence-electron chi connectivity index (χ1n) is 9.28. The van der Waals surface area contributed by atoms with Gasteiger partial charge < -0.3 is 20.1 Å². The molecule has 2 N–H and O–H groups in total. The fraction of sp³-hybridized carbons (Fsp3) is 0.130. The number of aryl methyl sites for hydroxylation is 1. The Morgan fingerprint density at radius 2 is 1.74 bits per heavy atom. The topological polar surface area (TPSA) is 59.6 Å². The van der Waals surface area contributed by atoms with Crippen LogP contribution in [-0.4, -0.2) is 25.3 Å². The molecule has 160 valence electrons. The molecule has 0 bridgehead atoms. The largest absolute Gasteiger partial charge is 0.495 e. The Hall–Kier alpha value is -2.74. The van der Waals surface area contributed by atoms with Crippen LogP contribution in [0.25, 0.3) is 0 Å². The Morgan fingerprint density at radius 3 is 2.39 bits per heavy atom. The molecule has 0 aliphatic carbocycles. The van der Waals surface area contributed by atoms with Crippen LogP contribution in [0, 0.1) is 6.92 Å². The standard InChI is InChI=1S/C23H21ClN2O3S2/c1-14-4-8-17(9-5-14)31-21-11-6-15(22(27)29-3)12-19(21)26-23(30)25-16-7-10-20(28-2)18(24)13-16/h4-13H,1-3H3,(H2,25,26,30). The summed E-state index contributed by atoms with van der Waals surface area (Å²) >= 11 is 13.2. The van der Waals surface area contributed by atoms with Crippen LogP contribution in [0.15, 0.2) is 70.5 Å². The zero-order chi connectivity index (χ0) is 22.4. The van der Waals surface area contributed by atoms with Crippen molar-refractivity contribution in [1.82, 2.24) is 0 Å². The number of hydrogen-bond acceptors (Lipinski definition) is 5. The molecule has 0 spiro atoms. The SMILES string of the molecule is COC(=O)c1ccc(Sc2ccc(C)cc2)c(NC(=S)Nc2ccc(OC)c(Cl)c2)c1. The van der Waals surface area contributed by atoms with Crippen molar-refractivity contribution in [2.45, 2.75) is 16.7 Å². The van der Waals surface area contributed by atoms with E-state index in [0.717, 1.165) is 9.79 Å². The van der Waals surface area contributed by atoms with Gasteiger partial charge in [-0.2, -0.15) is 0 Å². The second kappa shape index (κ2) is 10.5. The minimum atomic E-state index is -0.421. The van der Waals surface area contributed by atoms with Gasteiger partial charge in [-0.3, -0.25) is 0 Å². The maximum absolute atomic E-state index is 12.0. The van der Waals surface area contributed by atoms with Crippen LogP contribution in [0.2, 0.25) is 5.02 Å². The normalized spacial score (nSPS) is 10.3. The lowest BCUT2D eigenvalue weighted by atomic mass is 10.2. The van der Waals surface area contributed by atoms with E-state index in [0.29, 0.717) is 32.8 Å². The summed E-state index contributed by atoms with van der Waals surface area (Å²) in [5.41, 5.74) is 3.01. The molecule has 0 amide bonds. The summed E-state index contributed by atoms with van der Waals surface area (Å²) in [4.78, 5) is 14.0. The lowest BCUT2D eigenvalue weighted by Crippen LogP contribution is -2.20. The molecule has 0 atom stereocenters. The fourth-order valence-corrected chi connectivity index (χ4v) is 4.09. The lowest BCUT2D eigenvalue weighted by molar-refractivity contribution is 0.0600. The van der Waals surface area contributed by atoms with E-state index in [1.54, 1.807) is 43.1 Å². The second-order valence-electron chi connectivity index (χ2n) is 6.55. The quantitative estimate of drug-likeness (QED) is 0.317. The fourth-order valence-electron chi connectivity index (χ4n) is 2.72. The van der Waals surface area contributed by atoms with Gasteiger partial charge in [0, 0.05) is 15.5 Å². The van der Waals surface area contributed by atoms with Crippen molar-refractivity contribution >= 4 is 58.0 Å². The van der Waals surface area contributed by atoms with Crippen molar-refractivity contribution in [3.05, 3.63) is 76.8 Å². The third-order valence-corrected chi connectivity index (χ3v) is 5.89. The molecule has 3 aromatic carbocycles.